The van der Waals surface area contributed by atoms with Crippen molar-refractivity contribution >= 4 is 21.7 Å². The molecule has 19 heavy (non-hydrogen) atoms. The zero-order valence-corrected chi connectivity index (χ0v) is 11.0. The van der Waals surface area contributed by atoms with Crippen molar-refractivity contribution in [3.05, 3.63) is 42.1 Å². The molecule has 1 heterocycles. The molecule has 0 amide bonds. The van der Waals surface area contributed by atoms with Crippen molar-refractivity contribution in [2.75, 3.05) is 4.72 Å². The minimum atomic E-state index is -3.72. The monoisotopic (exact) mass is 279 g/mol. The molecule has 0 spiro atoms. The van der Waals surface area contributed by atoms with E-state index in [-0.39, 0.29) is 22.1 Å². The Balaban J connectivity index is 2.42. The van der Waals surface area contributed by atoms with Crippen molar-refractivity contribution in [3.8, 4) is 0 Å². The normalized spacial score (nSPS) is 11.2. The number of nitrogens with two attached hydrogens (primary N) is 1. The summed E-state index contributed by atoms with van der Waals surface area (Å²) in [5.41, 5.74) is 5.62. The topological polar surface area (TPSA) is 114 Å². The molecule has 0 aliphatic rings. The van der Waals surface area contributed by atoms with Crippen LogP contribution >= 0.6 is 0 Å². The Hall–Kier alpha value is -2.35. The van der Waals surface area contributed by atoms with Gasteiger partial charge in [-0.05, 0) is 12.1 Å². The van der Waals surface area contributed by atoms with Crippen LogP contribution in [0.5, 0.6) is 0 Å². The second kappa shape index (κ2) is 4.73. The van der Waals surface area contributed by atoms with Crippen LogP contribution in [-0.4, -0.2) is 24.0 Å². The maximum absolute atomic E-state index is 12.2. The molecular formula is C11H13N5O2S. The molecule has 2 aromatic rings. The first-order chi connectivity index (χ1) is 8.92. The average molecular weight is 279 g/mol. The van der Waals surface area contributed by atoms with Crippen molar-refractivity contribution in [1.29, 1.82) is 5.41 Å². The van der Waals surface area contributed by atoms with Crippen LogP contribution in [-0.2, 0) is 17.1 Å². The Morgan fingerprint density at radius 2 is 2.00 bits per heavy atom. The second-order valence-electron chi connectivity index (χ2n) is 3.86. The molecule has 0 atom stereocenters. The highest BCUT2D eigenvalue weighted by atomic mass is 32.2. The third-order valence-electron chi connectivity index (χ3n) is 2.51. The molecule has 0 aliphatic carbocycles. The first-order valence-electron chi connectivity index (χ1n) is 5.36. The maximum atomic E-state index is 12.2. The molecule has 1 aromatic heterocycles. The molecular weight excluding hydrogens is 266 g/mol. The lowest BCUT2D eigenvalue weighted by molar-refractivity contribution is 0.600. The van der Waals surface area contributed by atoms with E-state index in [1.807, 2.05) is 0 Å². The number of aryl methyl sites for hydroxylation is 1. The van der Waals surface area contributed by atoms with E-state index in [9.17, 15) is 8.42 Å². The summed E-state index contributed by atoms with van der Waals surface area (Å²) in [5, 5.41) is 11.3. The van der Waals surface area contributed by atoms with E-state index in [1.54, 1.807) is 25.2 Å². The molecule has 0 unspecified atom stereocenters. The number of nitrogens with zero attached hydrogens (tertiary/aromatic N) is 2. The van der Waals surface area contributed by atoms with Gasteiger partial charge in [0.2, 0.25) is 0 Å². The van der Waals surface area contributed by atoms with Gasteiger partial charge in [-0.1, -0.05) is 18.2 Å². The first kappa shape index (κ1) is 13.1. The van der Waals surface area contributed by atoms with Gasteiger partial charge < -0.3 is 5.73 Å². The Bertz CT molecular complexity index is 706. The summed E-state index contributed by atoms with van der Waals surface area (Å²) >= 11 is 0. The molecule has 100 valence electrons. The lowest BCUT2D eigenvalue weighted by Gasteiger charge is -2.09. The third-order valence-corrected chi connectivity index (χ3v) is 3.87. The standard InChI is InChI=1S/C11H13N5O2S/c1-16-11(9(7-14-16)10(12)13)15-19(17,18)8-5-3-2-4-6-8/h2-7,15H,1H3,(H3,12,13). The van der Waals surface area contributed by atoms with Gasteiger partial charge in [-0.3, -0.25) is 14.8 Å². The zero-order valence-electron chi connectivity index (χ0n) is 10.2. The summed E-state index contributed by atoms with van der Waals surface area (Å²) in [6.45, 7) is 0. The summed E-state index contributed by atoms with van der Waals surface area (Å²) in [5.74, 6) is -0.0878. The van der Waals surface area contributed by atoms with Crippen molar-refractivity contribution in [2.45, 2.75) is 4.90 Å². The number of nitrogen functional groups attached to an aromatic ring is 1. The largest absolute Gasteiger partial charge is 0.384 e. The number of amidine groups is 1. The molecule has 0 saturated heterocycles. The van der Waals surface area contributed by atoms with E-state index < -0.39 is 10.0 Å². The Labute approximate surface area is 110 Å². The van der Waals surface area contributed by atoms with E-state index in [0.717, 1.165) is 0 Å². The smallest absolute Gasteiger partial charge is 0.263 e. The van der Waals surface area contributed by atoms with E-state index in [0.29, 0.717) is 0 Å². The lowest BCUT2D eigenvalue weighted by atomic mass is 10.3. The number of rotatable bonds is 4. The summed E-state index contributed by atoms with van der Waals surface area (Å²) in [7, 11) is -2.16. The average Bonchev–Trinajstić information content (AvgIpc) is 2.72. The molecule has 0 fully saturated rings. The van der Waals surface area contributed by atoms with Gasteiger partial charge in [-0.25, -0.2) is 8.42 Å². The summed E-state index contributed by atoms with van der Waals surface area (Å²) in [6.07, 6.45) is 1.34. The van der Waals surface area contributed by atoms with Crippen LogP contribution in [0.2, 0.25) is 0 Å². The van der Waals surface area contributed by atoms with Crippen molar-refractivity contribution in [1.82, 2.24) is 9.78 Å². The van der Waals surface area contributed by atoms with Crippen molar-refractivity contribution in [2.24, 2.45) is 12.8 Å². The Morgan fingerprint density at radius 3 is 2.58 bits per heavy atom. The molecule has 7 nitrogen and oxygen atoms in total. The van der Waals surface area contributed by atoms with Crippen LogP contribution in [0.1, 0.15) is 5.56 Å². The van der Waals surface area contributed by atoms with E-state index in [1.165, 1.54) is 23.0 Å². The quantitative estimate of drug-likeness (QED) is 0.558. The van der Waals surface area contributed by atoms with Crippen LogP contribution in [0.3, 0.4) is 0 Å². The minimum Gasteiger partial charge on any atom is -0.384 e. The van der Waals surface area contributed by atoms with Gasteiger partial charge in [-0.2, -0.15) is 5.10 Å². The molecule has 0 aliphatic heterocycles. The maximum Gasteiger partial charge on any atom is 0.263 e. The van der Waals surface area contributed by atoms with Gasteiger partial charge in [0.05, 0.1) is 16.7 Å². The number of aromatic nitrogens is 2. The number of nitrogens with one attached hydrogen (secondary N) is 2. The third kappa shape index (κ3) is 2.58. The van der Waals surface area contributed by atoms with Crippen LogP contribution in [0, 0.1) is 5.41 Å². The predicted molar refractivity (Wildman–Crippen MR) is 71.5 cm³/mol. The van der Waals surface area contributed by atoms with Crippen molar-refractivity contribution < 1.29 is 8.42 Å². The predicted octanol–water partition coefficient (Wildman–Crippen LogP) is 0.505. The fourth-order valence-corrected chi connectivity index (χ4v) is 2.67. The second-order valence-corrected chi connectivity index (χ2v) is 5.55. The summed E-state index contributed by atoms with van der Waals surface area (Å²) in [4.78, 5) is 0.130. The van der Waals surface area contributed by atoms with Crippen LogP contribution < -0.4 is 10.5 Å². The van der Waals surface area contributed by atoms with E-state index in [2.05, 4.69) is 9.82 Å². The number of benzene rings is 1. The van der Waals surface area contributed by atoms with Gasteiger partial charge in [0.15, 0.2) is 0 Å². The molecule has 8 heteroatoms. The summed E-state index contributed by atoms with van der Waals surface area (Å²) in [6, 6.07) is 7.94. The number of anilines is 1. The van der Waals surface area contributed by atoms with E-state index in [4.69, 9.17) is 11.1 Å². The van der Waals surface area contributed by atoms with Gasteiger partial charge in [0.25, 0.3) is 10.0 Å². The molecule has 1 aromatic carbocycles. The van der Waals surface area contributed by atoms with Crippen molar-refractivity contribution in [3.63, 3.8) is 0 Å². The zero-order chi connectivity index (χ0) is 14.0. The first-order valence-corrected chi connectivity index (χ1v) is 6.84. The summed E-state index contributed by atoms with van der Waals surface area (Å²) < 4.78 is 28.0. The fourth-order valence-electron chi connectivity index (χ4n) is 1.54. The number of hydrogen-bond acceptors (Lipinski definition) is 4. The van der Waals surface area contributed by atoms with Gasteiger partial charge in [0, 0.05) is 7.05 Å². The molecule has 4 N–H and O–H groups in total. The fraction of sp³-hybridized carbons (Fsp3) is 0.0909. The number of hydrogen-bond donors (Lipinski definition) is 3. The molecule has 0 bridgehead atoms. The van der Waals surface area contributed by atoms with Crippen LogP contribution in [0.25, 0.3) is 0 Å². The van der Waals surface area contributed by atoms with Gasteiger partial charge in [-0.15, -0.1) is 0 Å². The highest BCUT2D eigenvalue weighted by molar-refractivity contribution is 7.92. The van der Waals surface area contributed by atoms with Gasteiger partial charge >= 0.3 is 0 Å². The Kier molecular flexibility index (Phi) is 3.26. The molecule has 0 saturated carbocycles. The highest BCUT2D eigenvalue weighted by Gasteiger charge is 2.19. The molecule has 2 rings (SSSR count). The number of sulfonamides is 1. The molecule has 0 radical (unpaired) electrons. The van der Waals surface area contributed by atoms with Crippen LogP contribution in [0.15, 0.2) is 41.4 Å². The van der Waals surface area contributed by atoms with Gasteiger partial charge in [0.1, 0.15) is 11.7 Å². The lowest BCUT2D eigenvalue weighted by Crippen LogP contribution is -2.19. The van der Waals surface area contributed by atoms with Crippen LogP contribution in [0.4, 0.5) is 5.82 Å². The Morgan fingerprint density at radius 1 is 1.37 bits per heavy atom. The SMILES string of the molecule is Cn1ncc(C(=N)N)c1NS(=O)(=O)c1ccccc1. The minimum absolute atomic E-state index is 0.130. The highest BCUT2D eigenvalue weighted by Crippen LogP contribution is 2.18. The van der Waals surface area contributed by atoms with E-state index >= 15 is 0 Å².